The SMILES string of the molecule is CCOc1ccc2ccccc2c1/C=N/NC(=O)COc1c(C)cc([N+](=O)[O-])cc1C. The highest BCUT2D eigenvalue weighted by molar-refractivity contribution is 6.02. The van der Waals surface area contributed by atoms with Gasteiger partial charge in [-0.3, -0.25) is 14.9 Å². The minimum absolute atomic E-state index is 0.0170. The molecule has 0 aromatic heterocycles. The number of ether oxygens (including phenoxy) is 2. The number of benzene rings is 3. The summed E-state index contributed by atoms with van der Waals surface area (Å²) in [7, 11) is 0. The Morgan fingerprint density at radius 1 is 1.13 bits per heavy atom. The highest BCUT2D eigenvalue weighted by atomic mass is 16.6. The average molecular weight is 421 g/mol. The van der Waals surface area contributed by atoms with Crippen molar-refractivity contribution in [2.45, 2.75) is 20.8 Å². The molecular formula is C23H23N3O5. The van der Waals surface area contributed by atoms with E-state index in [2.05, 4.69) is 10.5 Å². The summed E-state index contributed by atoms with van der Waals surface area (Å²) in [5, 5.41) is 17.0. The van der Waals surface area contributed by atoms with Gasteiger partial charge in [-0.05, 0) is 48.7 Å². The van der Waals surface area contributed by atoms with E-state index in [0.29, 0.717) is 29.2 Å². The Morgan fingerprint density at radius 3 is 2.52 bits per heavy atom. The van der Waals surface area contributed by atoms with Gasteiger partial charge in [-0.2, -0.15) is 5.10 Å². The first-order valence-electron chi connectivity index (χ1n) is 9.75. The fraction of sp³-hybridized carbons (Fsp3) is 0.217. The van der Waals surface area contributed by atoms with Gasteiger partial charge in [-0.25, -0.2) is 5.43 Å². The molecule has 160 valence electrons. The molecular weight excluding hydrogens is 398 g/mol. The van der Waals surface area contributed by atoms with E-state index >= 15 is 0 Å². The molecule has 0 atom stereocenters. The molecule has 0 unspecified atom stereocenters. The summed E-state index contributed by atoms with van der Waals surface area (Å²) in [5.74, 6) is 0.664. The van der Waals surface area contributed by atoms with Crippen molar-refractivity contribution in [2.24, 2.45) is 5.10 Å². The number of hydrazone groups is 1. The van der Waals surface area contributed by atoms with Gasteiger partial charge in [-0.1, -0.05) is 30.3 Å². The van der Waals surface area contributed by atoms with Gasteiger partial charge in [0, 0.05) is 17.7 Å². The number of non-ortho nitro benzene ring substituents is 1. The summed E-state index contributed by atoms with van der Waals surface area (Å²) in [4.78, 5) is 22.7. The van der Waals surface area contributed by atoms with Gasteiger partial charge < -0.3 is 9.47 Å². The summed E-state index contributed by atoms with van der Waals surface area (Å²) in [6.07, 6.45) is 1.55. The Bertz CT molecular complexity index is 1130. The summed E-state index contributed by atoms with van der Waals surface area (Å²) in [6, 6.07) is 14.5. The lowest BCUT2D eigenvalue weighted by molar-refractivity contribution is -0.385. The van der Waals surface area contributed by atoms with Crippen LogP contribution in [0.25, 0.3) is 10.8 Å². The minimum Gasteiger partial charge on any atom is -0.493 e. The molecule has 0 aliphatic rings. The second-order valence-electron chi connectivity index (χ2n) is 6.88. The van der Waals surface area contributed by atoms with Crippen LogP contribution in [0.2, 0.25) is 0 Å². The van der Waals surface area contributed by atoms with Crippen LogP contribution >= 0.6 is 0 Å². The summed E-state index contributed by atoms with van der Waals surface area (Å²) >= 11 is 0. The molecule has 0 saturated carbocycles. The molecule has 3 aromatic rings. The van der Waals surface area contributed by atoms with Crippen LogP contribution in [0.4, 0.5) is 5.69 Å². The van der Waals surface area contributed by atoms with Gasteiger partial charge in [0.25, 0.3) is 11.6 Å². The maximum absolute atomic E-state index is 12.2. The number of aryl methyl sites for hydroxylation is 2. The van der Waals surface area contributed by atoms with Gasteiger partial charge in [0.1, 0.15) is 11.5 Å². The number of nitrogens with one attached hydrogen (secondary N) is 1. The lowest BCUT2D eigenvalue weighted by atomic mass is 10.0. The third-order valence-electron chi connectivity index (χ3n) is 4.62. The number of amides is 1. The Morgan fingerprint density at radius 2 is 1.84 bits per heavy atom. The van der Waals surface area contributed by atoms with Crippen molar-refractivity contribution in [1.82, 2.24) is 5.43 Å². The Balaban J connectivity index is 1.69. The Kier molecular flexibility index (Phi) is 6.81. The first-order chi connectivity index (χ1) is 14.9. The maximum atomic E-state index is 12.2. The van der Waals surface area contributed by atoms with Crippen LogP contribution in [-0.4, -0.2) is 30.3 Å². The summed E-state index contributed by atoms with van der Waals surface area (Å²) in [5.41, 5.74) is 4.36. The number of nitro groups is 1. The highest BCUT2D eigenvalue weighted by Gasteiger charge is 2.14. The number of hydrogen-bond acceptors (Lipinski definition) is 6. The van der Waals surface area contributed by atoms with Crippen LogP contribution in [0.3, 0.4) is 0 Å². The number of rotatable bonds is 8. The zero-order valence-electron chi connectivity index (χ0n) is 17.5. The minimum atomic E-state index is -0.463. The standard InChI is InChI=1S/C23H23N3O5/c1-4-30-21-10-9-17-7-5-6-8-19(17)20(21)13-24-25-22(27)14-31-23-15(2)11-18(26(28)29)12-16(23)3/h5-13H,4,14H2,1-3H3,(H,25,27)/b24-13+. The quantitative estimate of drug-likeness (QED) is 0.332. The molecule has 0 heterocycles. The third-order valence-corrected chi connectivity index (χ3v) is 4.62. The van der Waals surface area contributed by atoms with Gasteiger partial charge in [0.2, 0.25) is 0 Å². The number of nitro benzene ring substituents is 1. The summed E-state index contributed by atoms with van der Waals surface area (Å²) in [6.45, 7) is 5.53. The molecule has 1 amide bonds. The van der Waals surface area contributed by atoms with Crippen molar-refractivity contribution in [3.63, 3.8) is 0 Å². The average Bonchev–Trinajstić information content (AvgIpc) is 2.74. The van der Waals surface area contributed by atoms with Crippen LogP contribution in [0.15, 0.2) is 53.6 Å². The molecule has 0 spiro atoms. The van der Waals surface area contributed by atoms with E-state index in [9.17, 15) is 14.9 Å². The number of nitrogens with zero attached hydrogens (tertiary/aromatic N) is 2. The van der Waals surface area contributed by atoms with Crippen molar-refractivity contribution in [1.29, 1.82) is 0 Å². The van der Waals surface area contributed by atoms with Crippen LogP contribution in [-0.2, 0) is 4.79 Å². The van der Waals surface area contributed by atoms with E-state index in [0.717, 1.165) is 16.3 Å². The fourth-order valence-electron chi connectivity index (χ4n) is 3.29. The molecule has 0 bridgehead atoms. The highest BCUT2D eigenvalue weighted by Crippen LogP contribution is 2.28. The zero-order valence-corrected chi connectivity index (χ0v) is 17.5. The molecule has 3 aromatic carbocycles. The first kappa shape index (κ1) is 21.8. The molecule has 1 N–H and O–H groups in total. The van der Waals surface area contributed by atoms with Gasteiger partial charge in [0.05, 0.1) is 17.7 Å². The van der Waals surface area contributed by atoms with Crippen molar-refractivity contribution < 1.29 is 19.2 Å². The number of carbonyl (C=O) groups excluding carboxylic acids is 1. The van der Waals surface area contributed by atoms with E-state index in [-0.39, 0.29) is 12.3 Å². The Hall–Kier alpha value is -3.94. The monoisotopic (exact) mass is 421 g/mol. The Labute approximate surface area is 179 Å². The maximum Gasteiger partial charge on any atom is 0.277 e. The molecule has 3 rings (SSSR count). The van der Waals surface area contributed by atoms with Gasteiger partial charge in [-0.15, -0.1) is 0 Å². The number of carbonyl (C=O) groups is 1. The lowest BCUT2D eigenvalue weighted by Crippen LogP contribution is -2.25. The molecule has 0 aliphatic heterocycles. The molecule has 31 heavy (non-hydrogen) atoms. The predicted octanol–water partition coefficient (Wildman–Crippen LogP) is 4.29. The third kappa shape index (κ3) is 5.16. The topological polar surface area (TPSA) is 103 Å². The van der Waals surface area contributed by atoms with Gasteiger partial charge in [0.15, 0.2) is 6.61 Å². The van der Waals surface area contributed by atoms with E-state index in [1.807, 2.05) is 43.3 Å². The van der Waals surface area contributed by atoms with E-state index in [1.54, 1.807) is 20.1 Å². The van der Waals surface area contributed by atoms with Crippen LogP contribution in [0.1, 0.15) is 23.6 Å². The van der Waals surface area contributed by atoms with Crippen LogP contribution in [0.5, 0.6) is 11.5 Å². The molecule has 8 nitrogen and oxygen atoms in total. The molecule has 0 fully saturated rings. The first-order valence-corrected chi connectivity index (χ1v) is 9.75. The van der Waals surface area contributed by atoms with E-state index in [1.165, 1.54) is 12.1 Å². The van der Waals surface area contributed by atoms with Crippen molar-refractivity contribution in [3.8, 4) is 11.5 Å². The number of fused-ring (bicyclic) bond motifs is 1. The zero-order chi connectivity index (χ0) is 22.4. The second-order valence-corrected chi connectivity index (χ2v) is 6.88. The smallest absolute Gasteiger partial charge is 0.277 e. The van der Waals surface area contributed by atoms with Crippen molar-refractivity contribution >= 4 is 28.6 Å². The molecule has 8 heteroatoms. The van der Waals surface area contributed by atoms with Crippen LogP contribution < -0.4 is 14.9 Å². The number of hydrogen-bond donors (Lipinski definition) is 1. The van der Waals surface area contributed by atoms with Gasteiger partial charge >= 0.3 is 0 Å². The van der Waals surface area contributed by atoms with E-state index < -0.39 is 10.8 Å². The normalized spacial score (nSPS) is 10.9. The van der Waals surface area contributed by atoms with Crippen LogP contribution in [0, 0.1) is 24.0 Å². The van der Waals surface area contributed by atoms with Crippen molar-refractivity contribution in [3.05, 3.63) is 75.3 Å². The largest absolute Gasteiger partial charge is 0.493 e. The second kappa shape index (κ2) is 9.71. The van der Waals surface area contributed by atoms with E-state index in [4.69, 9.17) is 9.47 Å². The fourth-order valence-corrected chi connectivity index (χ4v) is 3.29. The summed E-state index contributed by atoms with van der Waals surface area (Å²) < 4.78 is 11.3. The molecule has 0 saturated heterocycles. The molecule has 0 aliphatic carbocycles. The van der Waals surface area contributed by atoms with Crippen molar-refractivity contribution in [2.75, 3.05) is 13.2 Å². The molecule has 0 radical (unpaired) electrons. The lowest BCUT2D eigenvalue weighted by Gasteiger charge is -2.11. The predicted molar refractivity (Wildman–Crippen MR) is 119 cm³/mol.